The Morgan fingerprint density at radius 3 is 2.56 bits per heavy atom. The molecule has 1 aromatic rings. The van der Waals surface area contributed by atoms with E-state index in [1.165, 1.54) is 6.07 Å². The maximum absolute atomic E-state index is 12.9. The number of nitrogens with two attached hydrogens (primary N) is 1. The highest BCUT2D eigenvalue weighted by atomic mass is 19.4. The Balaban J connectivity index is 2.82. The zero-order chi connectivity index (χ0) is 13.9. The summed E-state index contributed by atoms with van der Waals surface area (Å²) in [5, 5.41) is 7.21. The number of nitrogen functional groups attached to an aromatic ring is 1. The van der Waals surface area contributed by atoms with E-state index in [2.05, 4.69) is 4.74 Å². The first kappa shape index (κ1) is 14.4. The van der Waals surface area contributed by atoms with Crippen LogP contribution in [0.15, 0.2) is 18.2 Å². The normalized spacial score (nSPS) is 13.4. The molecule has 0 aromatic heterocycles. The zero-order valence-electron chi connectivity index (χ0n) is 9.51. The lowest BCUT2D eigenvalue weighted by Crippen LogP contribution is -2.28. The van der Waals surface area contributed by atoms with Crippen LogP contribution < -0.4 is 5.73 Å². The molecule has 3 nitrogen and oxygen atoms in total. The van der Waals surface area contributed by atoms with Crippen molar-refractivity contribution in [2.45, 2.75) is 25.8 Å². The average molecular weight is 264 g/mol. The molecule has 1 unspecified atom stereocenters. The summed E-state index contributed by atoms with van der Waals surface area (Å²) in [6.07, 6.45) is -6.40. The summed E-state index contributed by atoms with van der Waals surface area (Å²) < 4.78 is 54.2. The van der Waals surface area contributed by atoms with Crippen LogP contribution in [0, 0.1) is 11.2 Å². The van der Waals surface area contributed by atoms with E-state index >= 15 is 0 Å². The highest BCUT2D eigenvalue weighted by molar-refractivity contribution is 5.96. The maximum atomic E-state index is 12.9. The van der Waals surface area contributed by atoms with Crippen LogP contribution in [0.3, 0.4) is 0 Å². The second kappa shape index (κ2) is 5.34. The van der Waals surface area contributed by atoms with Crippen LogP contribution in [0.1, 0.15) is 18.1 Å². The number of hydrogen-bond donors (Lipinski definition) is 2. The topological polar surface area (TPSA) is 59.1 Å². The first-order valence-corrected chi connectivity index (χ1v) is 5.03. The molecule has 1 aromatic carbocycles. The molecule has 7 heteroatoms. The molecule has 0 aliphatic rings. The highest BCUT2D eigenvalue weighted by Gasteiger charge is 2.36. The SMILES string of the molecule is CC(OCc1ccc(F)cc1C(=N)N)C(F)(F)F. The first-order chi connectivity index (χ1) is 8.21. The molecule has 0 fully saturated rings. The summed E-state index contributed by atoms with van der Waals surface area (Å²) >= 11 is 0. The van der Waals surface area contributed by atoms with Gasteiger partial charge in [0.2, 0.25) is 0 Å². The number of amidine groups is 1. The number of benzene rings is 1. The quantitative estimate of drug-likeness (QED) is 0.499. The summed E-state index contributed by atoms with van der Waals surface area (Å²) in [4.78, 5) is 0. The fourth-order valence-electron chi connectivity index (χ4n) is 1.23. The molecule has 3 N–H and O–H groups in total. The molecule has 0 saturated heterocycles. The van der Waals surface area contributed by atoms with Crippen molar-refractivity contribution < 1.29 is 22.3 Å². The van der Waals surface area contributed by atoms with Crippen molar-refractivity contribution >= 4 is 5.84 Å². The number of ether oxygens (including phenoxy) is 1. The lowest BCUT2D eigenvalue weighted by molar-refractivity contribution is -0.217. The molecule has 0 heterocycles. The highest BCUT2D eigenvalue weighted by Crippen LogP contribution is 2.24. The van der Waals surface area contributed by atoms with Crippen molar-refractivity contribution in [1.29, 1.82) is 5.41 Å². The van der Waals surface area contributed by atoms with Gasteiger partial charge < -0.3 is 10.5 Å². The first-order valence-electron chi connectivity index (χ1n) is 5.03. The van der Waals surface area contributed by atoms with Crippen LogP contribution in [0.5, 0.6) is 0 Å². The van der Waals surface area contributed by atoms with Crippen molar-refractivity contribution in [1.82, 2.24) is 0 Å². The Kier molecular flexibility index (Phi) is 4.28. The van der Waals surface area contributed by atoms with Gasteiger partial charge in [0.1, 0.15) is 11.7 Å². The Bertz CT molecular complexity index is 445. The van der Waals surface area contributed by atoms with Gasteiger partial charge in [0, 0.05) is 5.56 Å². The standard InChI is InChI=1S/C11H12F4N2O/c1-6(11(13,14)15)18-5-7-2-3-8(12)4-9(7)10(16)17/h2-4,6H,5H2,1H3,(H3,16,17). The van der Waals surface area contributed by atoms with Gasteiger partial charge in [-0.05, 0) is 24.6 Å². The Morgan fingerprint density at radius 1 is 1.44 bits per heavy atom. The van der Waals surface area contributed by atoms with Crippen molar-refractivity contribution in [3.8, 4) is 0 Å². The Labute approximate surface area is 101 Å². The van der Waals surface area contributed by atoms with E-state index in [4.69, 9.17) is 11.1 Å². The van der Waals surface area contributed by atoms with Crippen molar-refractivity contribution in [2.75, 3.05) is 0 Å². The third-order valence-corrected chi connectivity index (χ3v) is 2.31. The lowest BCUT2D eigenvalue weighted by atomic mass is 10.1. The van der Waals surface area contributed by atoms with E-state index in [1.54, 1.807) is 0 Å². The van der Waals surface area contributed by atoms with Gasteiger partial charge in [-0.2, -0.15) is 13.2 Å². The number of nitrogens with one attached hydrogen (secondary N) is 1. The summed E-state index contributed by atoms with van der Waals surface area (Å²) in [5.74, 6) is -1.04. The summed E-state index contributed by atoms with van der Waals surface area (Å²) in [5.41, 5.74) is 5.48. The van der Waals surface area contributed by atoms with Crippen LogP contribution in [0.2, 0.25) is 0 Å². The summed E-state index contributed by atoms with van der Waals surface area (Å²) in [6.45, 7) is 0.479. The predicted octanol–water partition coefficient (Wildman–Crippen LogP) is 2.58. The van der Waals surface area contributed by atoms with Gasteiger partial charge in [-0.25, -0.2) is 4.39 Å². The minimum absolute atomic E-state index is 0.0318. The minimum atomic E-state index is -4.46. The van der Waals surface area contributed by atoms with Gasteiger partial charge >= 0.3 is 6.18 Å². The van der Waals surface area contributed by atoms with Crippen molar-refractivity contribution in [2.24, 2.45) is 5.73 Å². The van der Waals surface area contributed by atoms with Gasteiger partial charge in [0.05, 0.1) is 6.61 Å². The van der Waals surface area contributed by atoms with Crippen molar-refractivity contribution in [3.63, 3.8) is 0 Å². The zero-order valence-corrected chi connectivity index (χ0v) is 9.51. The average Bonchev–Trinajstić information content (AvgIpc) is 2.25. The second-order valence-corrected chi connectivity index (χ2v) is 3.71. The number of hydrogen-bond acceptors (Lipinski definition) is 2. The number of rotatable bonds is 4. The molecule has 18 heavy (non-hydrogen) atoms. The Hall–Kier alpha value is -1.63. The minimum Gasteiger partial charge on any atom is -0.384 e. The largest absolute Gasteiger partial charge is 0.414 e. The third kappa shape index (κ3) is 3.69. The molecule has 0 amide bonds. The van der Waals surface area contributed by atoms with Crippen LogP contribution >= 0.6 is 0 Å². The molecule has 1 atom stereocenters. The van der Waals surface area contributed by atoms with E-state index in [9.17, 15) is 17.6 Å². The second-order valence-electron chi connectivity index (χ2n) is 3.71. The van der Waals surface area contributed by atoms with Crippen LogP contribution in [-0.2, 0) is 11.3 Å². The van der Waals surface area contributed by atoms with Crippen molar-refractivity contribution in [3.05, 3.63) is 35.1 Å². The molecule has 0 saturated carbocycles. The molecule has 0 spiro atoms. The molecule has 0 aliphatic heterocycles. The predicted molar refractivity (Wildman–Crippen MR) is 57.7 cm³/mol. The molecule has 0 bridgehead atoms. The van der Waals surface area contributed by atoms with E-state index in [-0.39, 0.29) is 11.1 Å². The smallest absolute Gasteiger partial charge is 0.384 e. The summed E-state index contributed by atoms with van der Waals surface area (Å²) in [6, 6.07) is 3.30. The Morgan fingerprint density at radius 2 is 2.06 bits per heavy atom. The van der Waals surface area contributed by atoms with E-state index < -0.39 is 30.5 Å². The monoisotopic (exact) mass is 264 g/mol. The fourth-order valence-corrected chi connectivity index (χ4v) is 1.23. The molecular formula is C11H12F4N2O. The number of halogens is 4. The van der Waals surface area contributed by atoms with Crippen LogP contribution in [-0.4, -0.2) is 18.1 Å². The fraction of sp³-hybridized carbons (Fsp3) is 0.364. The van der Waals surface area contributed by atoms with Gasteiger partial charge in [0.25, 0.3) is 0 Å². The van der Waals surface area contributed by atoms with E-state index in [0.29, 0.717) is 0 Å². The van der Waals surface area contributed by atoms with Gasteiger partial charge in [-0.1, -0.05) is 6.07 Å². The van der Waals surface area contributed by atoms with Crippen LogP contribution in [0.25, 0.3) is 0 Å². The molecular weight excluding hydrogens is 252 g/mol. The number of alkyl halides is 3. The van der Waals surface area contributed by atoms with E-state index in [0.717, 1.165) is 19.1 Å². The molecule has 0 aliphatic carbocycles. The third-order valence-electron chi connectivity index (χ3n) is 2.31. The van der Waals surface area contributed by atoms with E-state index in [1.807, 2.05) is 0 Å². The van der Waals surface area contributed by atoms with Gasteiger partial charge in [-0.15, -0.1) is 0 Å². The van der Waals surface area contributed by atoms with Gasteiger partial charge in [-0.3, -0.25) is 5.41 Å². The maximum Gasteiger partial charge on any atom is 0.414 e. The molecule has 100 valence electrons. The summed E-state index contributed by atoms with van der Waals surface area (Å²) in [7, 11) is 0. The van der Waals surface area contributed by atoms with Crippen LogP contribution in [0.4, 0.5) is 17.6 Å². The molecule has 1 rings (SSSR count). The molecule has 0 radical (unpaired) electrons. The van der Waals surface area contributed by atoms with Gasteiger partial charge in [0.15, 0.2) is 6.10 Å². The lowest BCUT2D eigenvalue weighted by Gasteiger charge is -2.17.